The maximum atomic E-state index is 5.92. The van der Waals surface area contributed by atoms with Gasteiger partial charge in [0.2, 0.25) is 0 Å². The molecule has 1 unspecified atom stereocenters. The highest BCUT2D eigenvalue weighted by atomic mass is 35.5. The molecule has 0 aliphatic carbocycles. The highest BCUT2D eigenvalue weighted by Gasteiger charge is 2.08. The first-order valence-electron chi connectivity index (χ1n) is 9.27. The number of aliphatic imine (C=N–C) groups is 1. The van der Waals surface area contributed by atoms with Gasteiger partial charge in [0, 0.05) is 18.6 Å². The van der Waals surface area contributed by atoms with E-state index in [2.05, 4.69) is 32.1 Å². The van der Waals surface area contributed by atoms with Gasteiger partial charge < -0.3 is 19.9 Å². The van der Waals surface area contributed by atoms with Gasteiger partial charge >= 0.3 is 0 Å². The first kappa shape index (κ1) is 22.4. The van der Waals surface area contributed by atoms with Crippen molar-refractivity contribution in [1.82, 2.24) is 25.4 Å². The Morgan fingerprint density at radius 2 is 2.04 bits per heavy atom. The summed E-state index contributed by atoms with van der Waals surface area (Å²) < 4.78 is 7.86. The number of nitrogens with one attached hydrogen (secondary N) is 2. The van der Waals surface area contributed by atoms with Crippen LogP contribution in [0.1, 0.15) is 25.0 Å². The van der Waals surface area contributed by atoms with Gasteiger partial charge in [0.15, 0.2) is 11.8 Å². The summed E-state index contributed by atoms with van der Waals surface area (Å²) >= 11 is 7.75. The van der Waals surface area contributed by atoms with E-state index in [1.807, 2.05) is 61.5 Å². The summed E-state index contributed by atoms with van der Waals surface area (Å²) in [6.45, 7) is 5.88. The van der Waals surface area contributed by atoms with Crippen LogP contribution >= 0.6 is 23.4 Å². The molecule has 0 saturated carbocycles. The number of hydrogen-bond donors (Lipinski definition) is 2. The number of hydrogen-bond acceptors (Lipinski definition) is 5. The lowest BCUT2D eigenvalue weighted by Crippen LogP contribution is -2.42. The average Bonchev–Trinajstić information content (AvgIpc) is 3.00. The smallest absolute Gasteiger partial charge is 0.191 e. The zero-order valence-corrected chi connectivity index (χ0v) is 18.5. The van der Waals surface area contributed by atoms with Crippen LogP contribution in [0, 0.1) is 6.92 Å². The van der Waals surface area contributed by atoms with Crippen molar-refractivity contribution in [3.63, 3.8) is 0 Å². The summed E-state index contributed by atoms with van der Waals surface area (Å²) in [5.74, 6) is 4.34. The summed E-state index contributed by atoms with van der Waals surface area (Å²) in [6, 6.07) is 7.37. The third kappa shape index (κ3) is 7.59. The van der Waals surface area contributed by atoms with Crippen molar-refractivity contribution >= 4 is 29.3 Å². The molecule has 0 saturated heterocycles. The van der Waals surface area contributed by atoms with Crippen molar-refractivity contribution in [2.45, 2.75) is 32.9 Å². The number of guanidine groups is 1. The minimum Gasteiger partial charge on any atom is -0.489 e. The van der Waals surface area contributed by atoms with E-state index < -0.39 is 0 Å². The fraction of sp³-hybridized carbons (Fsp3) is 0.526. The van der Waals surface area contributed by atoms with Gasteiger partial charge in [-0.2, -0.15) is 11.8 Å². The summed E-state index contributed by atoms with van der Waals surface area (Å²) in [5, 5.41) is 15.7. The zero-order valence-electron chi connectivity index (χ0n) is 16.9. The van der Waals surface area contributed by atoms with Crippen LogP contribution in [0.2, 0.25) is 5.02 Å². The van der Waals surface area contributed by atoms with E-state index in [-0.39, 0.29) is 6.10 Å². The molecule has 1 aromatic carbocycles. The van der Waals surface area contributed by atoms with Crippen molar-refractivity contribution in [3.8, 4) is 5.75 Å². The Morgan fingerprint density at radius 1 is 1.29 bits per heavy atom. The standard InChI is InChI=1S/C19H29ClN6OS/c1-14(27-17-8-6-16(20)7-9-17)12-22-19(21-10-5-11-28-4)23-13-18-25-24-15(2)26(18)3/h6-9,14H,5,10-13H2,1-4H3,(H2,21,22,23). The number of aromatic nitrogens is 3. The molecular weight excluding hydrogens is 396 g/mol. The molecule has 0 aliphatic rings. The molecule has 28 heavy (non-hydrogen) atoms. The van der Waals surface area contributed by atoms with Crippen molar-refractivity contribution in [2.75, 3.05) is 25.1 Å². The predicted molar refractivity (Wildman–Crippen MR) is 117 cm³/mol. The van der Waals surface area contributed by atoms with Crippen LogP contribution in [-0.2, 0) is 13.6 Å². The normalized spacial score (nSPS) is 12.7. The number of nitrogens with zero attached hydrogens (tertiary/aromatic N) is 4. The third-order valence-electron chi connectivity index (χ3n) is 4.09. The fourth-order valence-corrected chi connectivity index (χ4v) is 2.92. The van der Waals surface area contributed by atoms with E-state index in [0.717, 1.165) is 42.1 Å². The Morgan fingerprint density at radius 3 is 2.68 bits per heavy atom. The largest absolute Gasteiger partial charge is 0.489 e. The third-order valence-corrected chi connectivity index (χ3v) is 5.04. The van der Waals surface area contributed by atoms with E-state index in [0.29, 0.717) is 18.1 Å². The molecule has 1 aromatic heterocycles. The van der Waals surface area contributed by atoms with Crippen LogP contribution in [0.4, 0.5) is 0 Å². The number of rotatable bonds is 10. The lowest BCUT2D eigenvalue weighted by molar-refractivity contribution is 0.224. The molecule has 1 heterocycles. The van der Waals surface area contributed by atoms with Crippen molar-refractivity contribution in [2.24, 2.45) is 12.0 Å². The molecule has 0 aliphatic heterocycles. The summed E-state index contributed by atoms with van der Waals surface area (Å²) in [4.78, 5) is 4.65. The maximum absolute atomic E-state index is 5.92. The van der Waals surface area contributed by atoms with Crippen LogP contribution in [0.25, 0.3) is 0 Å². The van der Waals surface area contributed by atoms with Gasteiger partial charge in [0.05, 0.1) is 6.54 Å². The van der Waals surface area contributed by atoms with Gasteiger partial charge in [-0.25, -0.2) is 4.99 Å². The minimum atomic E-state index is -0.0311. The molecule has 2 N–H and O–H groups in total. The predicted octanol–water partition coefficient (Wildman–Crippen LogP) is 3.03. The summed E-state index contributed by atoms with van der Waals surface area (Å²) in [6.07, 6.45) is 3.15. The van der Waals surface area contributed by atoms with Crippen LogP contribution in [-0.4, -0.2) is 51.9 Å². The Balaban J connectivity index is 1.90. The second kappa shape index (κ2) is 11.8. The lowest BCUT2D eigenvalue weighted by atomic mass is 10.3. The summed E-state index contributed by atoms with van der Waals surface area (Å²) in [7, 11) is 1.95. The second-order valence-electron chi connectivity index (χ2n) is 6.42. The van der Waals surface area contributed by atoms with E-state index in [9.17, 15) is 0 Å². The van der Waals surface area contributed by atoms with Gasteiger partial charge in [-0.05, 0) is 56.5 Å². The van der Waals surface area contributed by atoms with Gasteiger partial charge in [0.1, 0.15) is 24.2 Å². The van der Waals surface area contributed by atoms with E-state index in [1.54, 1.807) is 0 Å². The van der Waals surface area contributed by atoms with Crippen molar-refractivity contribution in [1.29, 1.82) is 0 Å². The van der Waals surface area contributed by atoms with E-state index >= 15 is 0 Å². The number of aryl methyl sites for hydroxylation is 1. The Kier molecular flexibility index (Phi) is 9.43. The lowest BCUT2D eigenvalue weighted by Gasteiger charge is -2.18. The molecule has 0 radical (unpaired) electrons. The average molecular weight is 425 g/mol. The topological polar surface area (TPSA) is 76.4 Å². The first-order chi connectivity index (χ1) is 13.5. The van der Waals surface area contributed by atoms with E-state index in [1.165, 1.54) is 0 Å². The minimum absolute atomic E-state index is 0.0311. The van der Waals surface area contributed by atoms with Gasteiger partial charge in [-0.15, -0.1) is 10.2 Å². The molecule has 0 bridgehead atoms. The van der Waals surface area contributed by atoms with Gasteiger partial charge in [0.25, 0.3) is 0 Å². The molecule has 154 valence electrons. The zero-order chi connectivity index (χ0) is 20.4. The molecule has 2 aromatic rings. The summed E-state index contributed by atoms with van der Waals surface area (Å²) in [5.41, 5.74) is 0. The van der Waals surface area contributed by atoms with Crippen molar-refractivity contribution < 1.29 is 4.74 Å². The van der Waals surface area contributed by atoms with Crippen LogP contribution < -0.4 is 15.4 Å². The molecular formula is C19H29ClN6OS. The van der Waals surface area contributed by atoms with Crippen LogP contribution in [0.15, 0.2) is 29.3 Å². The molecule has 0 spiro atoms. The fourth-order valence-electron chi connectivity index (χ4n) is 2.36. The quantitative estimate of drug-likeness (QED) is 0.347. The maximum Gasteiger partial charge on any atom is 0.191 e. The SMILES string of the molecule is CSCCCNC(=NCc1nnc(C)n1C)NCC(C)Oc1ccc(Cl)cc1. The number of ether oxygens (including phenoxy) is 1. The molecule has 1 atom stereocenters. The molecule has 7 nitrogen and oxygen atoms in total. The molecule has 9 heteroatoms. The Hall–Kier alpha value is -1.93. The monoisotopic (exact) mass is 424 g/mol. The molecule has 2 rings (SSSR count). The highest BCUT2D eigenvalue weighted by Crippen LogP contribution is 2.16. The number of halogens is 1. The van der Waals surface area contributed by atoms with E-state index in [4.69, 9.17) is 16.3 Å². The van der Waals surface area contributed by atoms with Gasteiger partial charge in [-0.3, -0.25) is 0 Å². The van der Waals surface area contributed by atoms with Crippen molar-refractivity contribution in [3.05, 3.63) is 40.9 Å². The number of thioether (sulfide) groups is 1. The first-order valence-corrected chi connectivity index (χ1v) is 11.0. The highest BCUT2D eigenvalue weighted by molar-refractivity contribution is 7.98. The second-order valence-corrected chi connectivity index (χ2v) is 7.85. The number of benzene rings is 1. The molecule has 0 fully saturated rings. The Labute approximate surface area is 176 Å². The van der Waals surface area contributed by atoms with Crippen LogP contribution in [0.3, 0.4) is 0 Å². The van der Waals surface area contributed by atoms with Crippen LogP contribution in [0.5, 0.6) is 5.75 Å². The van der Waals surface area contributed by atoms with Gasteiger partial charge in [-0.1, -0.05) is 11.6 Å². The Bertz CT molecular complexity index is 749. The molecule has 0 amide bonds.